The Morgan fingerprint density at radius 2 is 2.04 bits per heavy atom. The van der Waals surface area contributed by atoms with Crippen molar-refractivity contribution in [2.24, 2.45) is 5.92 Å². The number of nitrogens with one attached hydrogen (secondary N) is 2. The lowest BCUT2D eigenvalue weighted by atomic mass is 10.3. The summed E-state index contributed by atoms with van der Waals surface area (Å²) in [6.07, 6.45) is 6.16. The molecule has 1 fully saturated rings. The van der Waals surface area contributed by atoms with E-state index >= 15 is 0 Å². The first-order valence-corrected chi connectivity index (χ1v) is 8.78. The standard InChI is InChI=1S/C18H23N7/c1-11(2)25-12(3)22-14-10-20-17(8-15(14)25)23-16-6-7-19-18(24-16)21-9-13-4-5-13/h6-8,10-11,13H,4-5,9H2,1-3H3,(H2,19,20,21,23,24). The van der Waals surface area contributed by atoms with Crippen molar-refractivity contribution in [3.05, 3.63) is 30.4 Å². The zero-order valence-electron chi connectivity index (χ0n) is 14.8. The predicted octanol–water partition coefficient (Wildman–Crippen LogP) is 3.68. The van der Waals surface area contributed by atoms with Gasteiger partial charge in [0, 0.05) is 24.8 Å². The highest BCUT2D eigenvalue weighted by Crippen LogP contribution is 2.28. The van der Waals surface area contributed by atoms with E-state index in [1.54, 1.807) is 12.4 Å². The first kappa shape index (κ1) is 15.8. The maximum absolute atomic E-state index is 4.58. The summed E-state index contributed by atoms with van der Waals surface area (Å²) in [6, 6.07) is 4.21. The van der Waals surface area contributed by atoms with Crippen molar-refractivity contribution in [2.45, 2.75) is 39.7 Å². The average Bonchev–Trinajstić information content (AvgIpc) is 3.34. The number of rotatable bonds is 6. The van der Waals surface area contributed by atoms with E-state index in [1.807, 2.05) is 19.1 Å². The molecule has 130 valence electrons. The van der Waals surface area contributed by atoms with E-state index in [9.17, 15) is 0 Å². The molecule has 7 nitrogen and oxygen atoms in total. The van der Waals surface area contributed by atoms with Gasteiger partial charge in [0.15, 0.2) is 0 Å². The number of imidazole rings is 1. The van der Waals surface area contributed by atoms with Gasteiger partial charge in [-0.25, -0.2) is 15.0 Å². The molecule has 3 aromatic rings. The summed E-state index contributed by atoms with van der Waals surface area (Å²) in [4.78, 5) is 17.8. The number of aryl methyl sites for hydroxylation is 1. The van der Waals surface area contributed by atoms with Gasteiger partial charge < -0.3 is 15.2 Å². The lowest BCUT2D eigenvalue weighted by Gasteiger charge is -2.11. The summed E-state index contributed by atoms with van der Waals surface area (Å²) < 4.78 is 2.21. The third kappa shape index (κ3) is 3.40. The van der Waals surface area contributed by atoms with Crippen LogP contribution < -0.4 is 10.6 Å². The fraction of sp³-hybridized carbons (Fsp3) is 0.444. The zero-order chi connectivity index (χ0) is 17.4. The van der Waals surface area contributed by atoms with Crippen molar-refractivity contribution in [2.75, 3.05) is 17.2 Å². The van der Waals surface area contributed by atoms with Crippen LogP contribution in [0.5, 0.6) is 0 Å². The molecular weight excluding hydrogens is 314 g/mol. The Hall–Kier alpha value is -2.70. The number of aromatic nitrogens is 5. The Kier molecular flexibility index (Phi) is 3.99. The molecule has 0 radical (unpaired) electrons. The summed E-state index contributed by atoms with van der Waals surface area (Å²) in [5.74, 6) is 3.91. The summed E-state index contributed by atoms with van der Waals surface area (Å²) >= 11 is 0. The monoisotopic (exact) mass is 337 g/mol. The SMILES string of the molecule is Cc1nc2cnc(Nc3ccnc(NCC4CC4)n3)cc2n1C(C)C. The molecule has 1 saturated carbocycles. The molecule has 3 aromatic heterocycles. The second-order valence-electron chi connectivity index (χ2n) is 6.90. The molecule has 0 aromatic carbocycles. The molecule has 0 amide bonds. The van der Waals surface area contributed by atoms with E-state index in [2.05, 4.69) is 49.0 Å². The number of anilines is 3. The fourth-order valence-corrected chi connectivity index (χ4v) is 3.04. The molecule has 25 heavy (non-hydrogen) atoms. The summed E-state index contributed by atoms with van der Waals surface area (Å²) in [5.41, 5.74) is 1.98. The third-order valence-electron chi connectivity index (χ3n) is 4.43. The molecule has 0 atom stereocenters. The number of nitrogens with zero attached hydrogens (tertiary/aromatic N) is 5. The van der Waals surface area contributed by atoms with Crippen LogP contribution >= 0.6 is 0 Å². The molecule has 2 N–H and O–H groups in total. The summed E-state index contributed by atoms with van der Waals surface area (Å²) in [6.45, 7) is 7.28. The lowest BCUT2D eigenvalue weighted by molar-refractivity contribution is 0.600. The van der Waals surface area contributed by atoms with Gasteiger partial charge in [0.2, 0.25) is 5.95 Å². The Morgan fingerprint density at radius 1 is 1.20 bits per heavy atom. The Labute approximate surface area is 146 Å². The lowest BCUT2D eigenvalue weighted by Crippen LogP contribution is -2.08. The van der Waals surface area contributed by atoms with E-state index in [0.717, 1.165) is 41.0 Å². The van der Waals surface area contributed by atoms with Crippen LogP contribution in [-0.4, -0.2) is 31.0 Å². The fourth-order valence-electron chi connectivity index (χ4n) is 3.04. The van der Waals surface area contributed by atoms with E-state index in [1.165, 1.54) is 12.8 Å². The maximum Gasteiger partial charge on any atom is 0.224 e. The van der Waals surface area contributed by atoms with Crippen LogP contribution in [0.1, 0.15) is 38.6 Å². The largest absolute Gasteiger partial charge is 0.354 e. The molecule has 0 spiro atoms. The maximum atomic E-state index is 4.58. The van der Waals surface area contributed by atoms with Gasteiger partial charge in [0.1, 0.15) is 23.0 Å². The first-order chi connectivity index (χ1) is 12.1. The van der Waals surface area contributed by atoms with Gasteiger partial charge in [-0.05, 0) is 45.6 Å². The van der Waals surface area contributed by atoms with Gasteiger partial charge >= 0.3 is 0 Å². The van der Waals surface area contributed by atoms with Gasteiger partial charge in [0.25, 0.3) is 0 Å². The van der Waals surface area contributed by atoms with Crippen LogP contribution in [0.15, 0.2) is 24.5 Å². The molecular formula is C18H23N7. The molecule has 7 heteroatoms. The van der Waals surface area contributed by atoms with E-state index < -0.39 is 0 Å². The quantitative estimate of drug-likeness (QED) is 0.714. The van der Waals surface area contributed by atoms with Crippen molar-refractivity contribution >= 4 is 28.6 Å². The molecule has 4 rings (SSSR count). The van der Waals surface area contributed by atoms with Gasteiger partial charge in [-0.2, -0.15) is 4.98 Å². The molecule has 0 aliphatic heterocycles. The Balaban J connectivity index is 1.57. The van der Waals surface area contributed by atoms with E-state index in [-0.39, 0.29) is 0 Å². The Morgan fingerprint density at radius 3 is 2.80 bits per heavy atom. The van der Waals surface area contributed by atoms with Crippen molar-refractivity contribution in [1.82, 2.24) is 24.5 Å². The van der Waals surface area contributed by atoms with Crippen LogP contribution in [0.25, 0.3) is 11.0 Å². The molecule has 1 aliphatic rings. The zero-order valence-corrected chi connectivity index (χ0v) is 14.8. The summed E-state index contributed by atoms with van der Waals surface area (Å²) in [5, 5.41) is 6.56. The Bertz CT molecular complexity index is 896. The van der Waals surface area contributed by atoms with Gasteiger partial charge in [-0.15, -0.1) is 0 Å². The molecule has 0 unspecified atom stereocenters. The second-order valence-corrected chi connectivity index (χ2v) is 6.90. The highest BCUT2D eigenvalue weighted by atomic mass is 15.2. The van der Waals surface area contributed by atoms with Crippen LogP contribution in [0.4, 0.5) is 17.6 Å². The van der Waals surface area contributed by atoms with Crippen LogP contribution in [0.3, 0.4) is 0 Å². The topological polar surface area (TPSA) is 80.6 Å². The smallest absolute Gasteiger partial charge is 0.224 e. The van der Waals surface area contributed by atoms with Crippen LogP contribution in [0.2, 0.25) is 0 Å². The number of pyridine rings is 1. The van der Waals surface area contributed by atoms with E-state index in [0.29, 0.717) is 12.0 Å². The van der Waals surface area contributed by atoms with Gasteiger partial charge in [0.05, 0.1) is 11.7 Å². The summed E-state index contributed by atoms with van der Waals surface area (Å²) in [7, 11) is 0. The normalized spacial score (nSPS) is 14.2. The second kappa shape index (κ2) is 6.31. The average molecular weight is 337 g/mol. The van der Waals surface area contributed by atoms with Crippen LogP contribution in [-0.2, 0) is 0 Å². The third-order valence-corrected chi connectivity index (χ3v) is 4.43. The molecule has 1 aliphatic carbocycles. The molecule has 0 bridgehead atoms. The number of fused-ring (bicyclic) bond motifs is 1. The minimum absolute atomic E-state index is 0.345. The first-order valence-electron chi connectivity index (χ1n) is 8.78. The minimum atomic E-state index is 0.345. The minimum Gasteiger partial charge on any atom is -0.354 e. The van der Waals surface area contributed by atoms with Crippen LogP contribution in [0, 0.1) is 12.8 Å². The van der Waals surface area contributed by atoms with Gasteiger partial charge in [-0.1, -0.05) is 0 Å². The van der Waals surface area contributed by atoms with Crippen molar-refractivity contribution in [1.29, 1.82) is 0 Å². The van der Waals surface area contributed by atoms with E-state index in [4.69, 9.17) is 0 Å². The predicted molar refractivity (Wildman–Crippen MR) is 99.2 cm³/mol. The molecule has 0 saturated heterocycles. The van der Waals surface area contributed by atoms with Crippen molar-refractivity contribution < 1.29 is 0 Å². The number of hydrogen-bond donors (Lipinski definition) is 2. The molecule has 3 heterocycles. The number of hydrogen-bond acceptors (Lipinski definition) is 6. The van der Waals surface area contributed by atoms with Crippen molar-refractivity contribution in [3.63, 3.8) is 0 Å². The van der Waals surface area contributed by atoms with Crippen molar-refractivity contribution in [3.8, 4) is 0 Å². The van der Waals surface area contributed by atoms with Gasteiger partial charge in [-0.3, -0.25) is 0 Å². The highest BCUT2D eigenvalue weighted by molar-refractivity contribution is 5.79. The highest BCUT2D eigenvalue weighted by Gasteiger charge is 2.21.